The number of piperidine rings is 1. The van der Waals surface area contributed by atoms with E-state index in [9.17, 15) is 4.79 Å². The van der Waals surface area contributed by atoms with E-state index in [1.807, 2.05) is 29.2 Å². The number of carbonyl (C=O) groups is 1. The predicted octanol–water partition coefficient (Wildman–Crippen LogP) is 1.51. The van der Waals surface area contributed by atoms with Gasteiger partial charge in [-0.3, -0.25) is 4.79 Å². The minimum atomic E-state index is -0.393. The van der Waals surface area contributed by atoms with Gasteiger partial charge in [0.15, 0.2) is 0 Å². The fourth-order valence-electron chi connectivity index (χ4n) is 2.74. The van der Waals surface area contributed by atoms with Gasteiger partial charge in [-0.05, 0) is 49.9 Å². The van der Waals surface area contributed by atoms with Crippen molar-refractivity contribution in [2.45, 2.75) is 38.3 Å². The van der Waals surface area contributed by atoms with E-state index < -0.39 is 6.04 Å². The maximum atomic E-state index is 12.2. The van der Waals surface area contributed by atoms with Gasteiger partial charge in [-0.15, -0.1) is 0 Å². The van der Waals surface area contributed by atoms with Crippen molar-refractivity contribution in [3.63, 3.8) is 0 Å². The highest BCUT2D eigenvalue weighted by molar-refractivity contribution is 5.81. The third-order valence-corrected chi connectivity index (χ3v) is 4.08. The summed E-state index contributed by atoms with van der Waals surface area (Å²) in [4.78, 5) is 14.1. The van der Waals surface area contributed by atoms with Crippen LogP contribution in [0.1, 0.15) is 31.2 Å². The van der Waals surface area contributed by atoms with Crippen LogP contribution < -0.4 is 15.8 Å². The third-order valence-electron chi connectivity index (χ3n) is 4.08. The lowest BCUT2D eigenvalue weighted by atomic mass is 10.1. The lowest BCUT2D eigenvalue weighted by molar-refractivity contribution is -0.133. The highest BCUT2D eigenvalue weighted by atomic mass is 16.5. The zero-order valence-corrected chi connectivity index (χ0v) is 13.4. The Balaban J connectivity index is 1.67. The number of carbonyl (C=O) groups excluding carboxylic acids is 1. The summed E-state index contributed by atoms with van der Waals surface area (Å²) >= 11 is 0. The molecule has 3 N–H and O–H groups in total. The Hall–Kier alpha value is -1.59. The van der Waals surface area contributed by atoms with Crippen molar-refractivity contribution in [1.29, 1.82) is 0 Å². The summed E-state index contributed by atoms with van der Waals surface area (Å²) < 4.78 is 5.20. The normalized spacial score (nSPS) is 16.4. The molecule has 0 bridgehead atoms. The summed E-state index contributed by atoms with van der Waals surface area (Å²) in [5.41, 5.74) is 7.18. The van der Waals surface area contributed by atoms with E-state index in [1.165, 1.54) is 6.42 Å². The van der Waals surface area contributed by atoms with Crippen LogP contribution >= 0.6 is 0 Å². The monoisotopic (exact) mass is 305 g/mol. The minimum absolute atomic E-state index is 0.0999. The number of nitrogens with zero attached hydrogens (tertiary/aromatic N) is 1. The number of benzene rings is 1. The highest BCUT2D eigenvalue weighted by Gasteiger charge is 2.21. The van der Waals surface area contributed by atoms with Gasteiger partial charge in [0.25, 0.3) is 0 Å². The summed E-state index contributed by atoms with van der Waals surface area (Å²) in [6.45, 7) is 3.22. The average Bonchev–Trinajstić information content (AvgIpc) is 2.58. The molecule has 1 fully saturated rings. The number of nitrogens with two attached hydrogens (primary N) is 1. The summed E-state index contributed by atoms with van der Waals surface area (Å²) in [5, 5.41) is 3.34. The molecule has 0 aliphatic carbocycles. The second kappa shape index (κ2) is 8.76. The Kier molecular flexibility index (Phi) is 6.68. The van der Waals surface area contributed by atoms with E-state index in [0.29, 0.717) is 6.42 Å². The molecule has 1 aromatic carbocycles. The molecule has 0 unspecified atom stereocenters. The SMILES string of the molecule is COc1cccc(CNCC[C@H](N)C(=O)N2CCCCC2)c1. The van der Waals surface area contributed by atoms with Crippen molar-refractivity contribution in [3.8, 4) is 5.75 Å². The minimum Gasteiger partial charge on any atom is -0.497 e. The van der Waals surface area contributed by atoms with Gasteiger partial charge < -0.3 is 20.7 Å². The number of hydrogen-bond acceptors (Lipinski definition) is 4. The lowest BCUT2D eigenvalue weighted by Gasteiger charge is -2.29. The van der Waals surface area contributed by atoms with Crippen molar-refractivity contribution in [2.75, 3.05) is 26.7 Å². The Labute approximate surface area is 132 Å². The number of nitrogens with one attached hydrogen (secondary N) is 1. The molecule has 0 spiro atoms. The third kappa shape index (κ3) is 5.00. The van der Waals surface area contributed by atoms with Crippen LogP contribution in [0.25, 0.3) is 0 Å². The maximum absolute atomic E-state index is 12.2. The molecule has 122 valence electrons. The molecule has 1 atom stereocenters. The summed E-state index contributed by atoms with van der Waals surface area (Å²) in [7, 11) is 1.66. The van der Waals surface area contributed by atoms with E-state index in [-0.39, 0.29) is 5.91 Å². The van der Waals surface area contributed by atoms with Crippen LogP contribution in [0.3, 0.4) is 0 Å². The van der Waals surface area contributed by atoms with Crippen LogP contribution in [-0.4, -0.2) is 43.6 Å². The molecule has 1 saturated heterocycles. The van der Waals surface area contributed by atoms with Crippen molar-refractivity contribution in [3.05, 3.63) is 29.8 Å². The number of methoxy groups -OCH3 is 1. The Morgan fingerprint density at radius 2 is 2.14 bits per heavy atom. The van der Waals surface area contributed by atoms with Gasteiger partial charge in [0.2, 0.25) is 5.91 Å². The number of amides is 1. The van der Waals surface area contributed by atoms with Gasteiger partial charge in [0.1, 0.15) is 5.75 Å². The largest absolute Gasteiger partial charge is 0.497 e. The van der Waals surface area contributed by atoms with Crippen LogP contribution in [0.2, 0.25) is 0 Å². The molecule has 0 saturated carbocycles. The smallest absolute Gasteiger partial charge is 0.239 e. The fourth-order valence-corrected chi connectivity index (χ4v) is 2.74. The quantitative estimate of drug-likeness (QED) is 0.750. The molecule has 22 heavy (non-hydrogen) atoms. The molecule has 2 rings (SSSR count). The Morgan fingerprint density at radius 1 is 1.36 bits per heavy atom. The zero-order chi connectivity index (χ0) is 15.8. The fraction of sp³-hybridized carbons (Fsp3) is 0.588. The molecule has 1 aliphatic rings. The van der Waals surface area contributed by atoms with Gasteiger partial charge in [-0.2, -0.15) is 0 Å². The molecular weight excluding hydrogens is 278 g/mol. The van der Waals surface area contributed by atoms with Gasteiger partial charge >= 0.3 is 0 Å². The van der Waals surface area contributed by atoms with Crippen molar-refractivity contribution in [2.24, 2.45) is 5.73 Å². The Bertz CT molecular complexity index is 473. The summed E-state index contributed by atoms with van der Waals surface area (Å²) in [6, 6.07) is 7.56. The van der Waals surface area contributed by atoms with E-state index in [1.54, 1.807) is 7.11 Å². The van der Waals surface area contributed by atoms with Crippen molar-refractivity contribution < 1.29 is 9.53 Å². The molecule has 5 heteroatoms. The number of likely N-dealkylation sites (tertiary alicyclic amines) is 1. The first-order chi connectivity index (χ1) is 10.7. The van der Waals surface area contributed by atoms with Crippen LogP contribution in [0, 0.1) is 0 Å². The standard InChI is InChI=1S/C17H27N3O2/c1-22-15-7-5-6-14(12-15)13-19-9-8-16(18)17(21)20-10-3-2-4-11-20/h5-7,12,16,19H,2-4,8-11,13,18H2,1H3/t16-/m0/s1. The predicted molar refractivity (Wildman–Crippen MR) is 87.7 cm³/mol. The first-order valence-electron chi connectivity index (χ1n) is 8.08. The molecule has 1 aliphatic heterocycles. The molecule has 1 aromatic rings. The van der Waals surface area contributed by atoms with Crippen LogP contribution in [-0.2, 0) is 11.3 Å². The molecule has 1 heterocycles. The maximum Gasteiger partial charge on any atom is 0.239 e. The van der Waals surface area contributed by atoms with Crippen LogP contribution in [0.4, 0.5) is 0 Å². The van der Waals surface area contributed by atoms with E-state index in [4.69, 9.17) is 10.5 Å². The lowest BCUT2D eigenvalue weighted by Crippen LogP contribution is -2.46. The number of ether oxygens (including phenoxy) is 1. The number of hydrogen-bond donors (Lipinski definition) is 2. The summed E-state index contributed by atoms with van der Waals surface area (Å²) in [6.07, 6.45) is 4.10. The zero-order valence-electron chi connectivity index (χ0n) is 13.4. The van der Waals surface area contributed by atoms with E-state index in [0.717, 1.165) is 50.3 Å². The van der Waals surface area contributed by atoms with Crippen LogP contribution in [0.5, 0.6) is 5.75 Å². The molecule has 5 nitrogen and oxygen atoms in total. The Morgan fingerprint density at radius 3 is 2.86 bits per heavy atom. The first kappa shape index (κ1) is 16.8. The van der Waals surface area contributed by atoms with Crippen molar-refractivity contribution >= 4 is 5.91 Å². The van der Waals surface area contributed by atoms with Crippen molar-refractivity contribution in [1.82, 2.24) is 10.2 Å². The van der Waals surface area contributed by atoms with Gasteiger partial charge in [0, 0.05) is 19.6 Å². The molecule has 0 radical (unpaired) electrons. The second-order valence-electron chi connectivity index (χ2n) is 5.81. The van der Waals surface area contributed by atoms with Gasteiger partial charge in [0.05, 0.1) is 13.2 Å². The molecular formula is C17H27N3O2. The number of rotatable bonds is 7. The topological polar surface area (TPSA) is 67.6 Å². The summed E-state index contributed by atoms with van der Waals surface area (Å²) in [5.74, 6) is 0.958. The highest BCUT2D eigenvalue weighted by Crippen LogP contribution is 2.12. The van der Waals surface area contributed by atoms with E-state index in [2.05, 4.69) is 5.32 Å². The molecule has 1 amide bonds. The van der Waals surface area contributed by atoms with Gasteiger partial charge in [-0.25, -0.2) is 0 Å². The van der Waals surface area contributed by atoms with Crippen LogP contribution in [0.15, 0.2) is 24.3 Å². The second-order valence-corrected chi connectivity index (χ2v) is 5.81. The average molecular weight is 305 g/mol. The molecule has 0 aromatic heterocycles. The first-order valence-corrected chi connectivity index (χ1v) is 8.08. The van der Waals surface area contributed by atoms with Gasteiger partial charge in [-0.1, -0.05) is 12.1 Å². The van der Waals surface area contributed by atoms with E-state index >= 15 is 0 Å².